The van der Waals surface area contributed by atoms with Gasteiger partial charge in [-0.1, -0.05) is 55.2 Å². The lowest BCUT2D eigenvalue weighted by Gasteiger charge is -2.29. The summed E-state index contributed by atoms with van der Waals surface area (Å²) in [5.41, 5.74) is 1.62. The second kappa shape index (κ2) is 11.2. The van der Waals surface area contributed by atoms with Gasteiger partial charge >= 0.3 is 0 Å². The lowest BCUT2D eigenvalue weighted by atomic mass is 10.1. The van der Waals surface area contributed by atoms with Crippen molar-refractivity contribution in [2.75, 3.05) is 13.2 Å². The molecule has 2 aromatic carbocycles. The third-order valence-corrected chi connectivity index (χ3v) is 5.30. The minimum atomic E-state index is -0.718. The number of hydrogen-bond acceptors (Lipinski definition) is 3. The summed E-state index contributed by atoms with van der Waals surface area (Å²) in [6.07, 6.45) is 0. The zero-order valence-electron chi connectivity index (χ0n) is 17.7. The Kier molecular flexibility index (Phi) is 9.00. The summed E-state index contributed by atoms with van der Waals surface area (Å²) in [7, 11) is 0. The highest BCUT2D eigenvalue weighted by Crippen LogP contribution is 2.26. The molecule has 0 saturated carbocycles. The Bertz CT molecular complexity index is 866. The van der Waals surface area contributed by atoms with Crippen molar-refractivity contribution in [2.24, 2.45) is 5.92 Å². The van der Waals surface area contributed by atoms with E-state index in [1.54, 1.807) is 31.2 Å². The summed E-state index contributed by atoms with van der Waals surface area (Å²) >= 11 is 12.6. The van der Waals surface area contributed by atoms with E-state index in [9.17, 15) is 9.59 Å². The van der Waals surface area contributed by atoms with Gasteiger partial charge in [0, 0.05) is 28.7 Å². The minimum absolute atomic E-state index is 0.102. The normalized spacial score (nSPS) is 11.8. The second-order valence-electron chi connectivity index (χ2n) is 7.64. The van der Waals surface area contributed by atoms with Crippen molar-refractivity contribution in [1.82, 2.24) is 10.2 Å². The van der Waals surface area contributed by atoms with Gasteiger partial charge in [-0.15, -0.1) is 0 Å². The number of carbonyl (C=O) groups is 2. The van der Waals surface area contributed by atoms with E-state index in [0.29, 0.717) is 33.8 Å². The molecule has 0 heterocycles. The molecule has 0 aliphatic rings. The lowest BCUT2D eigenvalue weighted by Crippen LogP contribution is -2.49. The van der Waals surface area contributed by atoms with Crippen LogP contribution in [0.3, 0.4) is 0 Å². The van der Waals surface area contributed by atoms with Gasteiger partial charge in [0.2, 0.25) is 5.91 Å². The SMILES string of the molecule is Cc1cccc(OCC(=O)N(Cc2c(Cl)cccc2Cl)C(C)C(=O)NCC(C)C)c1. The van der Waals surface area contributed by atoms with E-state index in [0.717, 1.165) is 5.56 Å². The van der Waals surface area contributed by atoms with Gasteiger partial charge in [0.05, 0.1) is 0 Å². The summed E-state index contributed by atoms with van der Waals surface area (Å²) in [6, 6.07) is 11.9. The van der Waals surface area contributed by atoms with Crippen LogP contribution in [0.25, 0.3) is 0 Å². The van der Waals surface area contributed by atoms with Crippen molar-refractivity contribution in [3.8, 4) is 5.75 Å². The minimum Gasteiger partial charge on any atom is -0.484 e. The Morgan fingerprint density at radius 1 is 1.07 bits per heavy atom. The molecule has 1 N–H and O–H groups in total. The van der Waals surface area contributed by atoms with Crippen LogP contribution in [-0.2, 0) is 16.1 Å². The molecule has 0 bridgehead atoms. The zero-order valence-corrected chi connectivity index (χ0v) is 19.3. The first-order valence-corrected chi connectivity index (χ1v) is 10.6. The van der Waals surface area contributed by atoms with Gasteiger partial charge in [-0.25, -0.2) is 0 Å². The largest absolute Gasteiger partial charge is 0.484 e. The third kappa shape index (κ3) is 6.92. The fourth-order valence-corrected chi connectivity index (χ4v) is 3.34. The van der Waals surface area contributed by atoms with Crippen LogP contribution in [0.5, 0.6) is 5.75 Å². The average molecular weight is 451 g/mol. The van der Waals surface area contributed by atoms with Gasteiger partial charge in [-0.2, -0.15) is 0 Å². The second-order valence-corrected chi connectivity index (χ2v) is 8.46. The summed E-state index contributed by atoms with van der Waals surface area (Å²) in [4.78, 5) is 27.2. The molecule has 162 valence electrons. The number of benzene rings is 2. The van der Waals surface area contributed by atoms with Crippen molar-refractivity contribution in [3.63, 3.8) is 0 Å². The highest BCUT2D eigenvalue weighted by atomic mass is 35.5. The van der Waals surface area contributed by atoms with Crippen molar-refractivity contribution in [2.45, 2.75) is 40.3 Å². The molecule has 2 aromatic rings. The smallest absolute Gasteiger partial charge is 0.261 e. The van der Waals surface area contributed by atoms with E-state index in [1.165, 1.54) is 4.90 Å². The van der Waals surface area contributed by atoms with E-state index < -0.39 is 6.04 Å². The van der Waals surface area contributed by atoms with Crippen LogP contribution in [0.15, 0.2) is 42.5 Å². The molecule has 7 heteroatoms. The maximum Gasteiger partial charge on any atom is 0.261 e. The molecule has 0 saturated heterocycles. The molecule has 0 aliphatic heterocycles. The Hall–Kier alpha value is -2.24. The van der Waals surface area contributed by atoms with E-state index in [-0.39, 0.29) is 25.0 Å². The van der Waals surface area contributed by atoms with Crippen LogP contribution < -0.4 is 10.1 Å². The first kappa shape index (κ1) is 24.0. The first-order valence-electron chi connectivity index (χ1n) is 9.88. The number of halogens is 2. The summed E-state index contributed by atoms with van der Waals surface area (Å²) < 4.78 is 5.67. The van der Waals surface area contributed by atoms with Crippen molar-refractivity contribution < 1.29 is 14.3 Å². The van der Waals surface area contributed by atoms with Crippen molar-refractivity contribution in [3.05, 3.63) is 63.6 Å². The Labute approximate surface area is 188 Å². The third-order valence-electron chi connectivity index (χ3n) is 4.59. The summed E-state index contributed by atoms with van der Waals surface area (Å²) in [6.45, 7) is 8.07. The standard InChI is InChI=1S/C23H28Cl2N2O3/c1-15(2)12-26-23(29)17(4)27(13-19-20(24)9-6-10-21(19)25)22(28)14-30-18-8-5-7-16(3)11-18/h5-11,15,17H,12-14H2,1-4H3,(H,26,29). The molecule has 0 spiro atoms. The van der Waals surface area contributed by atoms with Gasteiger partial charge in [-0.05, 0) is 49.6 Å². The Balaban J connectivity index is 2.20. The highest BCUT2D eigenvalue weighted by Gasteiger charge is 2.27. The monoisotopic (exact) mass is 450 g/mol. The summed E-state index contributed by atoms with van der Waals surface area (Å²) in [5, 5.41) is 3.75. The van der Waals surface area contributed by atoms with Crippen molar-refractivity contribution in [1.29, 1.82) is 0 Å². The van der Waals surface area contributed by atoms with Crippen LogP contribution in [0, 0.1) is 12.8 Å². The molecular formula is C23H28Cl2N2O3. The molecule has 5 nitrogen and oxygen atoms in total. The van der Waals surface area contributed by atoms with Gasteiger partial charge in [0.1, 0.15) is 11.8 Å². The quantitative estimate of drug-likeness (QED) is 0.592. The maximum atomic E-state index is 13.0. The van der Waals surface area contributed by atoms with Gasteiger partial charge in [0.15, 0.2) is 6.61 Å². The highest BCUT2D eigenvalue weighted by molar-refractivity contribution is 6.36. The molecule has 0 aliphatic carbocycles. The fourth-order valence-electron chi connectivity index (χ4n) is 2.82. The van der Waals surface area contributed by atoms with E-state index in [2.05, 4.69) is 5.32 Å². The lowest BCUT2D eigenvalue weighted by molar-refractivity contribution is -0.142. The number of ether oxygens (including phenoxy) is 1. The number of hydrogen-bond donors (Lipinski definition) is 1. The van der Waals surface area contributed by atoms with Crippen LogP contribution in [0.1, 0.15) is 31.9 Å². The molecule has 1 unspecified atom stereocenters. The molecule has 2 rings (SSSR count). The molecule has 30 heavy (non-hydrogen) atoms. The predicted octanol–water partition coefficient (Wildman–Crippen LogP) is 4.87. The molecular weight excluding hydrogens is 423 g/mol. The predicted molar refractivity (Wildman–Crippen MR) is 121 cm³/mol. The van der Waals surface area contributed by atoms with E-state index in [1.807, 2.05) is 39.0 Å². The Morgan fingerprint density at radius 2 is 1.70 bits per heavy atom. The zero-order chi connectivity index (χ0) is 22.3. The van der Waals surface area contributed by atoms with Crippen LogP contribution in [0.2, 0.25) is 10.0 Å². The maximum absolute atomic E-state index is 13.0. The average Bonchev–Trinajstić information content (AvgIpc) is 2.69. The van der Waals surface area contributed by atoms with E-state index in [4.69, 9.17) is 27.9 Å². The molecule has 0 fully saturated rings. The number of carbonyl (C=O) groups excluding carboxylic acids is 2. The first-order chi connectivity index (χ1) is 14.2. The van der Waals surface area contributed by atoms with Crippen LogP contribution in [0.4, 0.5) is 0 Å². The molecule has 1 atom stereocenters. The van der Waals surface area contributed by atoms with Gasteiger partial charge < -0.3 is 15.0 Å². The van der Waals surface area contributed by atoms with Crippen molar-refractivity contribution >= 4 is 35.0 Å². The number of amides is 2. The number of nitrogens with one attached hydrogen (secondary N) is 1. The fraction of sp³-hybridized carbons (Fsp3) is 0.391. The summed E-state index contributed by atoms with van der Waals surface area (Å²) in [5.74, 6) is 0.319. The molecule has 0 aromatic heterocycles. The van der Waals surface area contributed by atoms with Crippen LogP contribution in [-0.4, -0.2) is 35.9 Å². The molecule has 2 amide bonds. The topological polar surface area (TPSA) is 58.6 Å². The van der Waals surface area contributed by atoms with Gasteiger partial charge in [0.25, 0.3) is 5.91 Å². The van der Waals surface area contributed by atoms with Crippen LogP contribution >= 0.6 is 23.2 Å². The van der Waals surface area contributed by atoms with E-state index >= 15 is 0 Å². The molecule has 0 radical (unpaired) electrons. The number of rotatable bonds is 9. The number of aryl methyl sites for hydroxylation is 1. The number of nitrogens with zero attached hydrogens (tertiary/aromatic N) is 1. The Morgan fingerprint density at radius 3 is 2.30 bits per heavy atom. The van der Waals surface area contributed by atoms with Gasteiger partial charge in [-0.3, -0.25) is 9.59 Å².